The van der Waals surface area contributed by atoms with Gasteiger partial charge in [-0.25, -0.2) is 0 Å². The second-order valence-electron chi connectivity index (χ2n) is 14.0. The second kappa shape index (κ2) is 10.8. The van der Waals surface area contributed by atoms with Crippen LogP contribution in [0.25, 0.3) is 71.2 Å². The monoisotopic (exact) mass is 643 g/mol. The van der Waals surface area contributed by atoms with Crippen molar-refractivity contribution in [3.8, 4) is 22.6 Å². The topological polar surface area (TPSA) is 39.9 Å². The van der Waals surface area contributed by atoms with Crippen molar-refractivity contribution in [3.05, 3.63) is 157 Å². The third-order valence-corrected chi connectivity index (χ3v) is 11.5. The van der Waals surface area contributed by atoms with Gasteiger partial charge in [-0.05, 0) is 82.8 Å². The van der Waals surface area contributed by atoms with Crippen molar-refractivity contribution >= 4 is 54.4 Å². The molecule has 0 amide bonds. The van der Waals surface area contributed by atoms with Crippen LogP contribution in [0.15, 0.2) is 146 Å². The Morgan fingerprint density at radius 2 is 1.26 bits per heavy atom. The Hall–Kier alpha value is -6.00. The van der Waals surface area contributed by atoms with Crippen LogP contribution in [0.1, 0.15) is 42.2 Å². The molecule has 11 rings (SSSR count). The minimum atomic E-state index is 0.216. The molecular formula is C46H33N3O. The first-order valence-corrected chi connectivity index (χ1v) is 17.7. The van der Waals surface area contributed by atoms with E-state index in [1.54, 1.807) is 0 Å². The predicted octanol–water partition coefficient (Wildman–Crippen LogP) is 11.5. The zero-order chi connectivity index (χ0) is 32.8. The Labute approximate surface area is 289 Å². The Morgan fingerprint density at radius 3 is 2.16 bits per heavy atom. The van der Waals surface area contributed by atoms with Crippen LogP contribution in [0, 0.1) is 0 Å². The van der Waals surface area contributed by atoms with Crippen LogP contribution in [0.4, 0.5) is 0 Å². The van der Waals surface area contributed by atoms with E-state index in [-0.39, 0.29) is 6.10 Å². The number of fused-ring (bicyclic) bond motifs is 9. The summed E-state index contributed by atoms with van der Waals surface area (Å²) in [4.78, 5) is 9.99. The van der Waals surface area contributed by atoms with Gasteiger partial charge in [0.1, 0.15) is 11.9 Å². The average Bonchev–Trinajstić information content (AvgIpc) is 3.71. The molecule has 0 spiro atoms. The summed E-state index contributed by atoms with van der Waals surface area (Å²) in [6.45, 7) is 0. The van der Waals surface area contributed by atoms with E-state index in [0.29, 0.717) is 11.8 Å². The molecular weight excluding hydrogens is 611 g/mol. The summed E-state index contributed by atoms with van der Waals surface area (Å²) >= 11 is 0. The van der Waals surface area contributed by atoms with Crippen LogP contribution in [-0.2, 0) is 0 Å². The van der Waals surface area contributed by atoms with Crippen molar-refractivity contribution in [3.63, 3.8) is 0 Å². The summed E-state index contributed by atoms with van der Waals surface area (Å²) in [5, 5.41) is 7.44. The molecule has 3 heterocycles. The van der Waals surface area contributed by atoms with Crippen LogP contribution in [0.2, 0.25) is 0 Å². The Kier molecular flexibility index (Phi) is 6.00. The van der Waals surface area contributed by atoms with E-state index in [2.05, 4.69) is 138 Å². The quantitative estimate of drug-likeness (QED) is 0.192. The van der Waals surface area contributed by atoms with Gasteiger partial charge in [0.2, 0.25) is 0 Å². The Morgan fingerprint density at radius 1 is 0.540 bits per heavy atom. The third kappa shape index (κ3) is 4.05. The van der Waals surface area contributed by atoms with Crippen molar-refractivity contribution in [1.29, 1.82) is 0 Å². The lowest BCUT2D eigenvalue weighted by molar-refractivity contribution is 0.151. The van der Waals surface area contributed by atoms with Crippen molar-refractivity contribution in [2.75, 3.05) is 0 Å². The van der Waals surface area contributed by atoms with Gasteiger partial charge in [-0.2, -0.15) is 0 Å². The minimum absolute atomic E-state index is 0.216. The number of hydrogen-bond donors (Lipinski definition) is 0. The molecule has 9 aromatic rings. The molecule has 0 saturated heterocycles. The van der Waals surface area contributed by atoms with Gasteiger partial charge in [-0.3, -0.25) is 9.97 Å². The smallest absolute Gasteiger partial charge is 0.123 e. The fraction of sp³-hybridized carbons (Fsp3) is 0.130. The largest absolute Gasteiger partial charge is 0.489 e. The van der Waals surface area contributed by atoms with Crippen molar-refractivity contribution in [2.24, 2.45) is 0 Å². The first-order valence-electron chi connectivity index (χ1n) is 17.7. The molecule has 238 valence electrons. The van der Waals surface area contributed by atoms with Gasteiger partial charge in [0.05, 0.1) is 27.8 Å². The van der Waals surface area contributed by atoms with E-state index >= 15 is 0 Å². The first kappa shape index (κ1) is 27.9. The molecule has 1 aliphatic heterocycles. The molecule has 0 radical (unpaired) electrons. The van der Waals surface area contributed by atoms with E-state index in [9.17, 15) is 0 Å². The molecule has 1 saturated carbocycles. The molecule has 4 nitrogen and oxygen atoms in total. The minimum Gasteiger partial charge on any atom is -0.489 e. The van der Waals surface area contributed by atoms with E-state index in [1.165, 1.54) is 65.7 Å². The molecule has 50 heavy (non-hydrogen) atoms. The van der Waals surface area contributed by atoms with Crippen molar-refractivity contribution < 1.29 is 4.74 Å². The number of ether oxygens (including phenoxy) is 1. The lowest BCUT2D eigenvalue weighted by Crippen LogP contribution is -2.27. The molecule has 0 N–H and O–H groups in total. The molecule has 0 bridgehead atoms. The van der Waals surface area contributed by atoms with Gasteiger partial charge in [0, 0.05) is 45.6 Å². The highest BCUT2D eigenvalue weighted by Gasteiger charge is 2.40. The number of rotatable bonds is 3. The van der Waals surface area contributed by atoms with Crippen LogP contribution >= 0.6 is 0 Å². The maximum absolute atomic E-state index is 6.49. The van der Waals surface area contributed by atoms with Gasteiger partial charge in [-0.15, -0.1) is 0 Å². The van der Waals surface area contributed by atoms with Gasteiger partial charge < -0.3 is 9.30 Å². The Bertz CT molecular complexity index is 2810. The zero-order valence-corrected chi connectivity index (χ0v) is 27.5. The molecule has 2 aromatic heterocycles. The number of hydrogen-bond acceptors (Lipinski definition) is 3. The van der Waals surface area contributed by atoms with E-state index < -0.39 is 0 Å². The summed E-state index contributed by atoms with van der Waals surface area (Å²) in [7, 11) is 0. The standard InChI is InChI=1S/C46H33N3O/c1-2-10-29-26-42-39(25-28(29)9-1)35-13-5-7-15-40(35)49(42)41-22-21-33(32-11-3-4-12-34(32)41)38-20-19-31(45-46(38)48-24-23-47-45)30-17-18-37-36-14-6-8-16-43(36)50-44(37)27-30/h1-16,19-26,30,37,44H,17-18,27H2. The zero-order valence-electron chi connectivity index (χ0n) is 27.5. The number of nitrogens with zero attached hydrogens (tertiary/aromatic N) is 3. The van der Waals surface area contributed by atoms with Crippen LogP contribution in [-0.4, -0.2) is 20.6 Å². The Balaban J connectivity index is 1.06. The third-order valence-electron chi connectivity index (χ3n) is 11.5. The maximum atomic E-state index is 6.49. The van der Waals surface area contributed by atoms with E-state index in [1.807, 2.05) is 12.4 Å². The summed E-state index contributed by atoms with van der Waals surface area (Å²) in [5.74, 6) is 1.93. The van der Waals surface area contributed by atoms with Crippen LogP contribution in [0.5, 0.6) is 5.75 Å². The predicted molar refractivity (Wildman–Crippen MR) is 205 cm³/mol. The molecule has 2 aliphatic rings. The van der Waals surface area contributed by atoms with Gasteiger partial charge in [0.25, 0.3) is 0 Å². The number of benzene rings is 7. The van der Waals surface area contributed by atoms with Gasteiger partial charge in [0.15, 0.2) is 0 Å². The SMILES string of the molecule is c1ccc2c(c1)OC1CC(c3ccc(-c4ccc(-n5c6ccccc6c6cc7ccccc7cc65)c5ccccc45)c4nccnc34)CCC21. The van der Waals surface area contributed by atoms with E-state index in [0.717, 1.165) is 41.6 Å². The molecule has 1 aliphatic carbocycles. The number of para-hydroxylation sites is 2. The lowest BCUT2D eigenvalue weighted by atomic mass is 9.75. The molecule has 1 fully saturated rings. The van der Waals surface area contributed by atoms with Gasteiger partial charge in [-0.1, -0.05) is 103 Å². The fourth-order valence-electron chi connectivity index (χ4n) is 9.21. The first-order chi connectivity index (χ1) is 24.8. The lowest BCUT2D eigenvalue weighted by Gasteiger charge is -2.31. The van der Waals surface area contributed by atoms with Crippen molar-refractivity contribution in [2.45, 2.75) is 37.2 Å². The normalized spacial score (nSPS) is 18.5. The summed E-state index contributed by atoms with van der Waals surface area (Å²) in [5.41, 5.74) is 10.5. The molecule has 3 atom stereocenters. The van der Waals surface area contributed by atoms with Crippen LogP contribution < -0.4 is 4.74 Å². The highest BCUT2D eigenvalue weighted by Crippen LogP contribution is 2.50. The fourth-order valence-corrected chi connectivity index (χ4v) is 9.21. The van der Waals surface area contributed by atoms with Gasteiger partial charge >= 0.3 is 0 Å². The van der Waals surface area contributed by atoms with E-state index in [4.69, 9.17) is 14.7 Å². The highest BCUT2D eigenvalue weighted by molar-refractivity contribution is 6.15. The summed E-state index contributed by atoms with van der Waals surface area (Å²) < 4.78 is 8.94. The highest BCUT2D eigenvalue weighted by atomic mass is 16.5. The average molecular weight is 644 g/mol. The van der Waals surface area contributed by atoms with Crippen LogP contribution in [0.3, 0.4) is 0 Å². The summed E-state index contributed by atoms with van der Waals surface area (Å²) in [6, 6.07) is 48.7. The summed E-state index contributed by atoms with van der Waals surface area (Å²) in [6.07, 6.45) is 7.14. The molecule has 3 unspecified atom stereocenters. The maximum Gasteiger partial charge on any atom is 0.123 e. The molecule has 4 heteroatoms. The number of aromatic nitrogens is 3. The molecule has 7 aromatic carbocycles. The second-order valence-corrected chi connectivity index (χ2v) is 14.0. The van der Waals surface area contributed by atoms with Crippen molar-refractivity contribution in [1.82, 2.24) is 14.5 Å².